The van der Waals surface area contributed by atoms with Crippen molar-refractivity contribution in [2.24, 2.45) is 0 Å². The molecule has 0 radical (unpaired) electrons. The van der Waals surface area contributed by atoms with Crippen molar-refractivity contribution < 1.29 is 0 Å². The molecule has 1 aromatic rings. The van der Waals surface area contributed by atoms with Gasteiger partial charge in [0.15, 0.2) is 0 Å². The Morgan fingerprint density at radius 1 is 1.23 bits per heavy atom. The minimum absolute atomic E-state index is 0.704. The lowest BCUT2D eigenvalue weighted by molar-refractivity contribution is 0.634. The van der Waals surface area contributed by atoms with E-state index >= 15 is 0 Å². The van der Waals surface area contributed by atoms with Gasteiger partial charge in [0.25, 0.3) is 0 Å². The maximum atomic E-state index is 5.38. The van der Waals surface area contributed by atoms with E-state index in [9.17, 15) is 0 Å². The second kappa shape index (κ2) is 7.11. The van der Waals surface area contributed by atoms with Gasteiger partial charge in [-0.3, -0.25) is 0 Å². The number of benzene rings is 1. The van der Waals surface area contributed by atoms with Crippen molar-refractivity contribution in [2.75, 3.05) is 24.2 Å². The van der Waals surface area contributed by atoms with E-state index < -0.39 is 0 Å². The van der Waals surface area contributed by atoms with E-state index in [1.807, 2.05) is 6.26 Å². The fourth-order valence-electron chi connectivity index (χ4n) is 3.41. The van der Waals surface area contributed by atoms with Gasteiger partial charge in [-0.25, -0.2) is 0 Å². The molecule has 0 fully saturated rings. The number of aryl methyl sites for hydroxylation is 2. The molecule has 0 atom stereocenters. The molecule has 1 N–H and O–H groups in total. The summed E-state index contributed by atoms with van der Waals surface area (Å²) in [5.74, 6) is 0. The van der Waals surface area contributed by atoms with Crippen molar-refractivity contribution in [1.29, 1.82) is 0 Å². The number of anilines is 1. The van der Waals surface area contributed by atoms with Gasteiger partial charge in [0.2, 0.25) is 0 Å². The normalized spacial score (nSPS) is 17.0. The molecule has 2 aliphatic heterocycles. The minimum atomic E-state index is 0.704. The van der Waals surface area contributed by atoms with E-state index in [4.69, 9.17) is 24.4 Å². The van der Waals surface area contributed by atoms with E-state index in [0.29, 0.717) is 4.99 Å². The highest BCUT2D eigenvalue weighted by atomic mass is 32.2. The third-order valence-corrected chi connectivity index (χ3v) is 5.63. The van der Waals surface area contributed by atoms with Crippen molar-refractivity contribution in [3.05, 3.63) is 33.7 Å². The molecule has 116 valence electrons. The molecule has 1 aromatic carbocycles. The van der Waals surface area contributed by atoms with Crippen LogP contribution >= 0.6 is 36.2 Å². The maximum absolute atomic E-state index is 5.38. The summed E-state index contributed by atoms with van der Waals surface area (Å²) < 4.78 is 0. The number of rotatable bonds is 4. The predicted octanol–water partition coefficient (Wildman–Crippen LogP) is 3.96. The lowest BCUT2D eigenvalue weighted by atomic mass is 9.90. The van der Waals surface area contributed by atoms with Gasteiger partial charge in [-0.05, 0) is 66.8 Å². The Balaban J connectivity index is 1.98. The topological polar surface area (TPSA) is 15.3 Å². The molecule has 2 aliphatic rings. The fraction of sp³-hybridized carbons (Fsp3) is 0.412. The first-order valence-electron chi connectivity index (χ1n) is 7.64. The zero-order chi connectivity index (χ0) is 15.5. The Bertz CT molecular complexity index is 606. The van der Waals surface area contributed by atoms with Crippen molar-refractivity contribution >= 4 is 58.4 Å². The highest BCUT2D eigenvalue weighted by Gasteiger charge is 2.23. The van der Waals surface area contributed by atoms with Crippen molar-refractivity contribution in [3.63, 3.8) is 0 Å². The Labute approximate surface area is 147 Å². The van der Waals surface area contributed by atoms with Crippen molar-refractivity contribution in [2.45, 2.75) is 25.7 Å². The lowest BCUT2D eigenvalue weighted by Gasteiger charge is -2.37. The minimum Gasteiger partial charge on any atom is -0.371 e. The molecule has 3 rings (SSSR count). The summed E-state index contributed by atoms with van der Waals surface area (Å²) in [6.45, 7) is 2.43. The predicted molar refractivity (Wildman–Crippen MR) is 106 cm³/mol. The summed E-state index contributed by atoms with van der Waals surface area (Å²) in [5, 5.41) is 2.95. The third-order valence-electron chi connectivity index (χ3n) is 4.29. The smallest absolute Gasteiger partial charge is 0.117 e. The van der Waals surface area contributed by atoms with Crippen LogP contribution in [0.2, 0.25) is 0 Å². The summed E-state index contributed by atoms with van der Waals surface area (Å²) in [6.07, 6.45) is 9.14. The molecule has 22 heavy (non-hydrogen) atoms. The van der Waals surface area contributed by atoms with Gasteiger partial charge in [-0.15, -0.1) is 11.8 Å². The molecule has 0 amide bonds. The first-order valence-corrected chi connectivity index (χ1v) is 9.74. The maximum Gasteiger partial charge on any atom is 0.117 e. The zero-order valence-corrected chi connectivity index (χ0v) is 15.2. The third kappa shape index (κ3) is 3.21. The van der Waals surface area contributed by atoms with E-state index in [0.717, 1.165) is 4.91 Å². The van der Waals surface area contributed by atoms with Crippen molar-refractivity contribution in [1.82, 2.24) is 5.32 Å². The number of thiocarbonyl (C=S) groups is 2. The number of hydrogen-bond donors (Lipinski definition) is 1. The molecule has 0 unspecified atom stereocenters. The van der Waals surface area contributed by atoms with Gasteiger partial charge in [-0.1, -0.05) is 24.4 Å². The number of thioether (sulfide) groups is 1. The van der Waals surface area contributed by atoms with Crippen LogP contribution in [0.3, 0.4) is 0 Å². The van der Waals surface area contributed by atoms with E-state index in [1.165, 1.54) is 66.6 Å². The standard InChI is InChI=1S/C17H20N2S3/c1-22-15(17(21)18-11-20)10-12-8-13-4-2-6-19-7-3-5-14(9-12)16(13)19/h8-11H,2-7H2,1H3,(H,18,20,21)/b15-10-. The number of nitrogens with one attached hydrogen (secondary N) is 1. The molecule has 5 heteroatoms. The molecule has 2 heterocycles. The van der Waals surface area contributed by atoms with Gasteiger partial charge in [0, 0.05) is 23.7 Å². The Morgan fingerprint density at radius 2 is 1.86 bits per heavy atom. The first-order chi connectivity index (χ1) is 10.7. The molecule has 0 aliphatic carbocycles. The van der Waals surface area contributed by atoms with Crippen LogP contribution in [0.1, 0.15) is 29.5 Å². The Kier molecular flexibility index (Phi) is 5.16. The molecule has 2 nitrogen and oxygen atoms in total. The van der Waals surface area contributed by atoms with Crippen LogP contribution in [0.15, 0.2) is 17.0 Å². The summed E-state index contributed by atoms with van der Waals surface area (Å²) in [5.41, 5.74) is 7.25. The molecular weight excluding hydrogens is 328 g/mol. The van der Waals surface area contributed by atoms with Crippen LogP contribution < -0.4 is 10.2 Å². The summed E-state index contributed by atoms with van der Waals surface area (Å²) in [4.78, 5) is 4.33. The van der Waals surface area contributed by atoms with Crippen LogP contribution in [-0.4, -0.2) is 29.8 Å². The average molecular weight is 349 g/mol. The van der Waals surface area contributed by atoms with Crippen LogP contribution in [0, 0.1) is 0 Å². The molecular formula is C17H20N2S3. The van der Waals surface area contributed by atoms with E-state index in [-0.39, 0.29) is 0 Å². The highest BCUT2D eigenvalue weighted by molar-refractivity contribution is 8.04. The van der Waals surface area contributed by atoms with Crippen LogP contribution in [-0.2, 0) is 12.8 Å². The summed E-state index contributed by atoms with van der Waals surface area (Å²) >= 11 is 11.9. The lowest BCUT2D eigenvalue weighted by Crippen LogP contribution is -2.34. The fourth-order valence-corrected chi connectivity index (χ4v) is 4.47. The number of hydrogen-bond acceptors (Lipinski definition) is 4. The summed E-state index contributed by atoms with van der Waals surface area (Å²) in [6, 6.07) is 4.68. The van der Waals surface area contributed by atoms with Crippen LogP contribution in [0.25, 0.3) is 6.08 Å². The summed E-state index contributed by atoms with van der Waals surface area (Å²) in [7, 11) is 0. The molecule has 0 saturated heterocycles. The zero-order valence-electron chi connectivity index (χ0n) is 12.7. The average Bonchev–Trinajstić information content (AvgIpc) is 2.53. The van der Waals surface area contributed by atoms with E-state index in [2.05, 4.69) is 28.4 Å². The Hall–Kier alpha value is -0.910. The molecule has 0 saturated carbocycles. The van der Waals surface area contributed by atoms with Crippen LogP contribution in [0.5, 0.6) is 0 Å². The van der Waals surface area contributed by atoms with Crippen molar-refractivity contribution in [3.8, 4) is 0 Å². The van der Waals surface area contributed by atoms with Gasteiger partial charge in [0.05, 0.1) is 5.49 Å². The largest absolute Gasteiger partial charge is 0.371 e. The first kappa shape index (κ1) is 16.0. The van der Waals surface area contributed by atoms with Gasteiger partial charge in [-0.2, -0.15) is 0 Å². The monoisotopic (exact) mass is 348 g/mol. The number of nitrogens with zero attached hydrogens (tertiary/aromatic N) is 1. The quantitative estimate of drug-likeness (QED) is 0.652. The molecule has 0 spiro atoms. The Morgan fingerprint density at radius 3 is 2.41 bits per heavy atom. The van der Waals surface area contributed by atoms with Gasteiger partial charge < -0.3 is 10.2 Å². The second-order valence-electron chi connectivity index (χ2n) is 5.69. The SMILES string of the molecule is CS/C(=C\c1cc2c3c(c1)CCCN3CCC2)C(=S)NC=S. The van der Waals surface area contributed by atoms with Crippen LogP contribution in [0.4, 0.5) is 5.69 Å². The van der Waals surface area contributed by atoms with E-state index in [1.54, 1.807) is 11.8 Å². The molecule has 0 aromatic heterocycles. The second-order valence-corrected chi connectivity index (χ2v) is 7.18. The highest BCUT2D eigenvalue weighted by Crippen LogP contribution is 2.36. The van der Waals surface area contributed by atoms with Gasteiger partial charge >= 0.3 is 0 Å². The molecule has 0 bridgehead atoms. The van der Waals surface area contributed by atoms with Gasteiger partial charge in [0.1, 0.15) is 4.99 Å².